The van der Waals surface area contributed by atoms with Crippen molar-refractivity contribution in [2.45, 2.75) is 18.7 Å². The van der Waals surface area contributed by atoms with Gasteiger partial charge in [-0.2, -0.15) is 0 Å². The Balaban J connectivity index is 2.20. The molecule has 74 valence electrons. The number of benzene rings is 1. The molecular formula is C12H13ClO. The first kappa shape index (κ1) is 9.60. The minimum absolute atomic E-state index is 0.0829. The molecule has 0 spiro atoms. The predicted molar refractivity (Wildman–Crippen MR) is 60.0 cm³/mol. The zero-order valence-corrected chi connectivity index (χ0v) is 8.92. The summed E-state index contributed by atoms with van der Waals surface area (Å²) in [5.74, 6) is 1.03. The molecule has 1 aromatic carbocycles. The van der Waals surface area contributed by atoms with E-state index < -0.39 is 0 Å². The average molecular weight is 209 g/mol. The van der Waals surface area contributed by atoms with E-state index in [9.17, 15) is 0 Å². The normalized spacial score (nSPS) is 16.7. The molecule has 0 amide bonds. The van der Waals surface area contributed by atoms with E-state index in [0.29, 0.717) is 0 Å². The van der Waals surface area contributed by atoms with Crippen molar-refractivity contribution in [1.82, 2.24) is 0 Å². The Bertz CT molecular complexity index is 355. The summed E-state index contributed by atoms with van der Waals surface area (Å²) in [4.78, 5) is 0. The van der Waals surface area contributed by atoms with Crippen LogP contribution < -0.4 is 4.74 Å². The number of allylic oxidation sites excluding steroid dienone is 1. The summed E-state index contributed by atoms with van der Waals surface area (Å²) in [7, 11) is 0. The van der Waals surface area contributed by atoms with Gasteiger partial charge >= 0.3 is 0 Å². The van der Waals surface area contributed by atoms with Crippen LogP contribution in [0.1, 0.15) is 18.1 Å². The highest BCUT2D eigenvalue weighted by molar-refractivity contribution is 6.21. The van der Waals surface area contributed by atoms with Crippen LogP contribution in [0.2, 0.25) is 0 Å². The summed E-state index contributed by atoms with van der Waals surface area (Å²) in [5, 5.41) is 0.0829. The first-order valence-corrected chi connectivity index (χ1v) is 5.27. The molecule has 1 unspecified atom stereocenters. The van der Waals surface area contributed by atoms with Crippen LogP contribution >= 0.6 is 11.6 Å². The number of hydrogen-bond donors (Lipinski definition) is 0. The molecule has 1 heterocycles. The monoisotopic (exact) mass is 208 g/mol. The zero-order valence-electron chi connectivity index (χ0n) is 8.16. The highest BCUT2D eigenvalue weighted by Gasteiger charge is 2.10. The van der Waals surface area contributed by atoms with Gasteiger partial charge in [-0.05, 0) is 30.2 Å². The first-order valence-electron chi connectivity index (χ1n) is 4.84. The summed E-state index contributed by atoms with van der Waals surface area (Å²) in [6, 6.07) is 6.25. The zero-order chi connectivity index (χ0) is 9.97. The molecule has 0 fully saturated rings. The minimum atomic E-state index is 0.0829. The third kappa shape index (κ3) is 2.10. The van der Waals surface area contributed by atoms with Crippen molar-refractivity contribution in [3.63, 3.8) is 0 Å². The maximum absolute atomic E-state index is 5.83. The molecule has 1 aliphatic rings. The van der Waals surface area contributed by atoms with E-state index in [1.54, 1.807) is 0 Å². The summed E-state index contributed by atoms with van der Waals surface area (Å²) in [5.41, 5.74) is 2.50. The molecule has 0 aromatic heterocycles. The molecule has 1 aromatic rings. The number of ether oxygens (including phenoxy) is 1. The maximum Gasteiger partial charge on any atom is 0.122 e. The lowest BCUT2D eigenvalue weighted by Gasteiger charge is -1.99. The molecule has 1 atom stereocenters. The topological polar surface area (TPSA) is 9.23 Å². The highest BCUT2D eigenvalue weighted by Crippen LogP contribution is 2.26. The number of rotatable bonds is 2. The third-order valence-electron chi connectivity index (χ3n) is 2.27. The maximum atomic E-state index is 5.83. The van der Waals surface area contributed by atoms with Crippen LogP contribution in [0.15, 0.2) is 24.3 Å². The Morgan fingerprint density at radius 1 is 1.50 bits per heavy atom. The molecule has 2 heteroatoms. The smallest absolute Gasteiger partial charge is 0.122 e. The minimum Gasteiger partial charge on any atom is -0.493 e. The van der Waals surface area contributed by atoms with Gasteiger partial charge in [-0.15, -0.1) is 11.6 Å². The summed E-state index contributed by atoms with van der Waals surface area (Å²) in [6.07, 6.45) is 5.06. The van der Waals surface area contributed by atoms with Crippen molar-refractivity contribution in [2.24, 2.45) is 0 Å². The van der Waals surface area contributed by atoms with Crippen LogP contribution in [0, 0.1) is 0 Å². The summed E-state index contributed by atoms with van der Waals surface area (Å²) in [6.45, 7) is 2.77. The fraction of sp³-hybridized carbons (Fsp3) is 0.333. The van der Waals surface area contributed by atoms with E-state index in [2.05, 4.69) is 18.2 Å². The highest BCUT2D eigenvalue weighted by atomic mass is 35.5. The van der Waals surface area contributed by atoms with Crippen LogP contribution in [-0.4, -0.2) is 12.0 Å². The Morgan fingerprint density at radius 3 is 3.14 bits per heavy atom. The molecule has 1 aliphatic heterocycles. The Morgan fingerprint density at radius 2 is 2.36 bits per heavy atom. The van der Waals surface area contributed by atoms with E-state index in [0.717, 1.165) is 18.8 Å². The van der Waals surface area contributed by atoms with Gasteiger partial charge in [-0.3, -0.25) is 0 Å². The quantitative estimate of drug-likeness (QED) is 0.678. The molecule has 14 heavy (non-hydrogen) atoms. The van der Waals surface area contributed by atoms with Crippen LogP contribution in [0.5, 0.6) is 5.75 Å². The lowest BCUT2D eigenvalue weighted by atomic mass is 10.1. The van der Waals surface area contributed by atoms with Gasteiger partial charge in [0.25, 0.3) is 0 Å². The van der Waals surface area contributed by atoms with Gasteiger partial charge < -0.3 is 4.74 Å². The van der Waals surface area contributed by atoms with E-state index >= 15 is 0 Å². The Kier molecular flexibility index (Phi) is 2.78. The molecular weight excluding hydrogens is 196 g/mol. The molecule has 0 aliphatic carbocycles. The summed E-state index contributed by atoms with van der Waals surface area (Å²) >= 11 is 5.83. The van der Waals surface area contributed by atoms with E-state index in [4.69, 9.17) is 16.3 Å². The van der Waals surface area contributed by atoms with Gasteiger partial charge in [-0.25, -0.2) is 0 Å². The van der Waals surface area contributed by atoms with E-state index in [1.165, 1.54) is 11.1 Å². The molecule has 2 rings (SSSR count). The second-order valence-corrected chi connectivity index (χ2v) is 4.19. The fourth-order valence-electron chi connectivity index (χ4n) is 1.55. The van der Waals surface area contributed by atoms with Crippen LogP contribution in [0.4, 0.5) is 0 Å². The molecule has 0 bridgehead atoms. The Hall–Kier alpha value is -0.950. The molecule has 0 saturated heterocycles. The number of halogens is 1. The van der Waals surface area contributed by atoms with Crippen LogP contribution in [0.3, 0.4) is 0 Å². The third-order valence-corrected chi connectivity index (χ3v) is 2.41. The van der Waals surface area contributed by atoms with Crippen molar-refractivity contribution in [1.29, 1.82) is 0 Å². The lowest BCUT2D eigenvalue weighted by molar-refractivity contribution is 0.357. The van der Waals surface area contributed by atoms with E-state index in [-0.39, 0.29) is 5.38 Å². The number of alkyl halides is 1. The fourth-order valence-corrected chi connectivity index (χ4v) is 1.63. The van der Waals surface area contributed by atoms with Crippen molar-refractivity contribution in [3.05, 3.63) is 35.4 Å². The predicted octanol–water partition coefficient (Wildman–Crippen LogP) is 3.26. The largest absolute Gasteiger partial charge is 0.493 e. The number of fused-ring (bicyclic) bond motifs is 1. The molecule has 0 N–H and O–H groups in total. The van der Waals surface area contributed by atoms with Gasteiger partial charge in [0.2, 0.25) is 0 Å². The molecule has 1 nitrogen and oxygen atoms in total. The number of hydrogen-bond acceptors (Lipinski definition) is 1. The van der Waals surface area contributed by atoms with Crippen molar-refractivity contribution in [3.8, 4) is 5.75 Å². The second kappa shape index (κ2) is 4.05. The van der Waals surface area contributed by atoms with Gasteiger partial charge in [0.15, 0.2) is 0 Å². The first-order chi connectivity index (χ1) is 6.75. The Labute approximate surface area is 89.3 Å². The van der Waals surface area contributed by atoms with Crippen molar-refractivity contribution < 1.29 is 4.74 Å². The van der Waals surface area contributed by atoms with Gasteiger partial charge in [0.1, 0.15) is 5.75 Å². The van der Waals surface area contributed by atoms with Crippen LogP contribution in [0.25, 0.3) is 6.08 Å². The average Bonchev–Trinajstić information content (AvgIpc) is 2.61. The van der Waals surface area contributed by atoms with E-state index in [1.807, 2.05) is 19.1 Å². The molecule has 0 radical (unpaired) electrons. The van der Waals surface area contributed by atoms with Crippen molar-refractivity contribution in [2.75, 3.05) is 6.61 Å². The second-order valence-electron chi connectivity index (χ2n) is 3.50. The standard InChI is InChI=1S/C12H13ClO/c1-9(13)2-3-10-4-5-12-11(8-10)6-7-14-12/h2-5,8-9H,6-7H2,1H3/b3-2+. The summed E-state index contributed by atoms with van der Waals surface area (Å²) < 4.78 is 5.43. The van der Waals surface area contributed by atoms with Gasteiger partial charge in [-0.1, -0.05) is 18.2 Å². The lowest BCUT2D eigenvalue weighted by Crippen LogP contribution is -1.85. The van der Waals surface area contributed by atoms with Gasteiger partial charge in [0, 0.05) is 11.8 Å². The van der Waals surface area contributed by atoms with Gasteiger partial charge in [0.05, 0.1) is 6.61 Å². The molecule has 0 saturated carbocycles. The van der Waals surface area contributed by atoms with Crippen LogP contribution in [-0.2, 0) is 6.42 Å². The van der Waals surface area contributed by atoms with Crippen molar-refractivity contribution >= 4 is 17.7 Å². The SMILES string of the molecule is CC(Cl)/C=C/c1ccc2c(c1)CCO2.